The van der Waals surface area contributed by atoms with Gasteiger partial charge in [-0.15, -0.1) is 0 Å². The van der Waals surface area contributed by atoms with Gasteiger partial charge in [-0.3, -0.25) is 9.59 Å². The number of fused-ring (bicyclic) bond motifs is 1. The molecule has 7 nitrogen and oxygen atoms in total. The average Bonchev–Trinajstić information content (AvgIpc) is 2.96. The summed E-state index contributed by atoms with van der Waals surface area (Å²) in [6.45, 7) is -1.86. The van der Waals surface area contributed by atoms with E-state index < -0.39 is 71.8 Å². The van der Waals surface area contributed by atoms with Crippen LogP contribution < -0.4 is 10.2 Å². The van der Waals surface area contributed by atoms with Gasteiger partial charge in [0.2, 0.25) is 0 Å². The van der Waals surface area contributed by atoms with Gasteiger partial charge in [0, 0.05) is 35.3 Å². The van der Waals surface area contributed by atoms with E-state index in [-0.39, 0.29) is 22.1 Å². The van der Waals surface area contributed by atoms with E-state index in [4.69, 9.17) is 11.6 Å². The van der Waals surface area contributed by atoms with Crippen molar-refractivity contribution < 1.29 is 41.8 Å². The number of aliphatic hydroxyl groups is 2. The van der Waals surface area contributed by atoms with E-state index in [2.05, 4.69) is 10.3 Å². The molecule has 1 aliphatic heterocycles. The van der Waals surface area contributed by atoms with Crippen LogP contribution in [-0.4, -0.2) is 46.1 Å². The van der Waals surface area contributed by atoms with Gasteiger partial charge < -0.3 is 20.4 Å². The average molecular weight is 556 g/mol. The molecule has 2 amide bonds. The summed E-state index contributed by atoms with van der Waals surface area (Å²) < 4.78 is 69.7. The van der Waals surface area contributed by atoms with Gasteiger partial charge in [-0.05, 0) is 48.5 Å². The van der Waals surface area contributed by atoms with Gasteiger partial charge in [-0.25, -0.2) is 26.9 Å². The molecular formula is C25H19ClF5N3O4. The predicted octanol–water partition coefficient (Wildman–Crippen LogP) is 4.93. The molecule has 4 rings (SSSR count). The monoisotopic (exact) mass is 555 g/mol. The van der Waals surface area contributed by atoms with E-state index in [0.717, 1.165) is 29.3 Å². The maximum absolute atomic E-state index is 14.9. The highest BCUT2D eigenvalue weighted by atomic mass is 35.5. The van der Waals surface area contributed by atoms with Crippen LogP contribution in [0.3, 0.4) is 0 Å². The molecule has 2 aromatic carbocycles. The highest BCUT2D eigenvalue weighted by molar-refractivity contribution is 6.30. The standard InChI is InChI=1S/C25H19ClF5N3O4/c26-14-2-5-19-18(9-14)24(38,12-35)25(30,31)7-8-34(19)23(37)13-1-6-20(32-11-13)33-22(36)17-10-15(27)3-4-16(17)21(28)29/h1-6,9-11,21,35,38H,7-8,12H2,(H,32,33,36)/t24-/m0/s1. The van der Waals surface area contributed by atoms with Crippen LogP contribution in [0.1, 0.15) is 44.7 Å². The van der Waals surface area contributed by atoms with Gasteiger partial charge in [0.05, 0.1) is 23.4 Å². The van der Waals surface area contributed by atoms with Crippen LogP contribution in [-0.2, 0) is 5.60 Å². The minimum Gasteiger partial charge on any atom is -0.393 e. The normalized spacial score (nSPS) is 18.6. The number of pyridine rings is 1. The molecule has 1 atom stereocenters. The van der Waals surface area contributed by atoms with Crippen molar-refractivity contribution in [2.45, 2.75) is 24.4 Å². The number of hydrogen-bond acceptors (Lipinski definition) is 5. The fourth-order valence-corrected chi connectivity index (χ4v) is 4.28. The molecule has 38 heavy (non-hydrogen) atoms. The Morgan fingerprint density at radius 2 is 1.87 bits per heavy atom. The lowest BCUT2D eigenvalue weighted by molar-refractivity contribution is -0.205. The molecule has 0 fully saturated rings. The third-order valence-electron chi connectivity index (χ3n) is 6.17. The Labute approximate surface area is 217 Å². The Hall–Kier alpha value is -3.61. The number of amides is 2. The Bertz CT molecular complexity index is 1390. The lowest BCUT2D eigenvalue weighted by atomic mass is 9.86. The molecule has 1 aliphatic rings. The number of nitrogens with zero attached hydrogens (tertiary/aromatic N) is 2. The van der Waals surface area contributed by atoms with Gasteiger partial charge in [-0.1, -0.05) is 11.6 Å². The van der Waals surface area contributed by atoms with Gasteiger partial charge >= 0.3 is 0 Å². The number of benzene rings is 2. The highest BCUT2D eigenvalue weighted by Gasteiger charge is 2.56. The van der Waals surface area contributed by atoms with Crippen LogP contribution in [0.2, 0.25) is 5.02 Å². The second kappa shape index (κ2) is 10.3. The van der Waals surface area contributed by atoms with E-state index in [1.807, 2.05) is 0 Å². The molecule has 0 aliphatic carbocycles. The van der Waals surface area contributed by atoms with Crippen molar-refractivity contribution in [3.05, 3.63) is 87.8 Å². The molecule has 3 N–H and O–H groups in total. The lowest BCUT2D eigenvalue weighted by Gasteiger charge is -2.33. The molecular weight excluding hydrogens is 537 g/mol. The van der Waals surface area contributed by atoms with Crippen molar-refractivity contribution in [1.82, 2.24) is 4.98 Å². The van der Waals surface area contributed by atoms with Crippen LogP contribution >= 0.6 is 11.6 Å². The number of anilines is 2. The summed E-state index contributed by atoms with van der Waals surface area (Å²) in [5.41, 5.74) is -4.92. The first kappa shape index (κ1) is 27.4. The lowest BCUT2D eigenvalue weighted by Crippen LogP contribution is -2.48. The first-order valence-corrected chi connectivity index (χ1v) is 11.4. The predicted molar refractivity (Wildman–Crippen MR) is 127 cm³/mol. The SMILES string of the molecule is O=C(Nc1ccc(C(=O)N2CCC(F)(F)[C@](O)(CO)c3cc(Cl)ccc32)cn1)c1cc(F)ccc1C(F)F. The fourth-order valence-electron chi connectivity index (χ4n) is 4.11. The number of carbonyl (C=O) groups excluding carboxylic acids is 2. The minimum absolute atomic E-state index is 0.00391. The van der Waals surface area contributed by atoms with Crippen LogP contribution in [0, 0.1) is 5.82 Å². The van der Waals surface area contributed by atoms with E-state index >= 15 is 0 Å². The molecule has 0 spiro atoms. The number of rotatable bonds is 5. The second-order valence-corrected chi connectivity index (χ2v) is 8.95. The quantitative estimate of drug-likeness (QED) is 0.388. The molecule has 0 bridgehead atoms. The molecule has 0 saturated carbocycles. The van der Waals surface area contributed by atoms with E-state index in [0.29, 0.717) is 6.07 Å². The van der Waals surface area contributed by atoms with E-state index in [9.17, 15) is 41.8 Å². The van der Waals surface area contributed by atoms with Crippen molar-refractivity contribution >= 4 is 34.9 Å². The molecule has 0 radical (unpaired) electrons. The van der Waals surface area contributed by atoms with Gasteiger partial charge in [0.25, 0.3) is 24.2 Å². The maximum atomic E-state index is 14.9. The number of alkyl halides is 4. The summed E-state index contributed by atoms with van der Waals surface area (Å²) in [5, 5.41) is 22.6. The van der Waals surface area contributed by atoms with Gasteiger partial charge in [-0.2, -0.15) is 0 Å². The zero-order valence-electron chi connectivity index (χ0n) is 19.3. The van der Waals surface area contributed by atoms with Gasteiger partial charge in [0.1, 0.15) is 11.6 Å². The summed E-state index contributed by atoms with van der Waals surface area (Å²) in [5.74, 6) is -6.71. The number of aromatic nitrogens is 1. The van der Waals surface area contributed by atoms with Crippen LogP contribution in [0.4, 0.5) is 33.5 Å². The minimum atomic E-state index is -3.81. The first-order valence-electron chi connectivity index (χ1n) is 11.1. The summed E-state index contributed by atoms with van der Waals surface area (Å²) in [4.78, 5) is 30.6. The summed E-state index contributed by atoms with van der Waals surface area (Å²) >= 11 is 5.94. The molecule has 0 saturated heterocycles. The smallest absolute Gasteiger partial charge is 0.284 e. The van der Waals surface area contributed by atoms with Crippen LogP contribution in [0.15, 0.2) is 54.7 Å². The molecule has 2 heterocycles. The third kappa shape index (κ3) is 4.94. The largest absolute Gasteiger partial charge is 0.393 e. The van der Waals surface area contributed by atoms with Crippen LogP contribution in [0.5, 0.6) is 0 Å². The number of nitrogens with one attached hydrogen (secondary N) is 1. The van der Waals surface area contributed by atoms with Crippen molar-refractivity contribution in [2.24, 2.45) is 0 Å². The topological polar surface area (TPSA) is 103 Å². The molecule has 200 valence electrons. The second-order valence-electron chi connectivity index (χ2n) is 8.51. The zero-order valence-corrected chi connectivity index (χ0v) is 20.0. The highest BCUT2D eigenvalue weighted by Crippen LogP contribution is 2.47. The van der Waals surface area contributed by atoms with Crippen molar-refractivity contribution in [3.63, 3.8) is 0 Å². The van der Waals surface area contributed by atoms with Crippen LogP contribution in [0.25, 0.3) is 0 Å². The number of hydrogen-bond donors (Lipinski definition) is 3. The van der Waals surface area contributed by atoms with Crippen molar-refractivity contribution in [3.8, 4) is 0 Å². The van der Waals surface area contributed by atoms with Crippen molar-refractivity contribution in [1.29, 1.82) is 0 Å². The Kier molecular flexibility index (Phi) is 7.42. The first-order chi connectivity index (χ1) is 17.9. The molecule has 3 aromatic rings. The maximum Gasteiger partial charge on any atom is 0.284 e. The third-order valence-corrected chi connectivity index (χ3v) is 6.41. The Morgan fingerprint density at radius 3 is 2.50 bits per heavy atom. The summed E-state index contributed by atoms with van der Waals surface area (Å²) in [6, 6.07) is 8.26. The summed E-state index contributed by atoms with van der Waals surface area (Å²) in [7, 11) is 0. The van der Waals surface area contributed by atoms with Crippen molar-refractivity contribution in [2.75, 3.05) is 23.4 Å². The number of halogens is 6. The molecule has 13 heteroatoms. The molecule has 0 unspecified atom stereocenters. The summed E-state index contributed by atoms with van der Waals surface area (Å²) in [6.07, 6.45) is -3.00. The fraction of sp³-hybridized carbons (Fsp3) is 0.240. The molecule has 1 aromatic heterocycles. The van der Waals surface area contributed by atoms with E-state index in [1.54, 1.807) is 0 Å². The van der Waals surface area contributed by atoms with E-state index in [1.165, 1.54) is 24.3 Å². The Balaban J connectivity index is 1.61. The Morgan fingerprint density at radius 1 is 1.13 bits per heavy atom. The zero-order chi connectivity index (χ0) is 27.8. The number of aliphatic hydroxyl groups excluding tert-OH is 1. The van der Waals surface area contributed by atoms with Gasteiger partial charge in [0.15, 0.2) is 5.60 Å². The number of carbonyl (C=O) groups is 2.